The molecule has 4 aromatic rings. The highest BCUT2D eigenvalue weighted by Crippen LogP contribution is 2.30. The molecule has 0 aliphatic heterocycles. The molecule has 0 atom stereocenters. The van der Waals surface area contributed by atoms with Crippen LogP contribution in [-0.4, -0.2) is 38.4 Å². The van der Waals surface area contributed by atoms with Gasteiger partial charge in [-0.25, -0.2) is 0 Å². The number of ether oxygens (including phenoxy) is 1. The molecule has 7 nitrogen and oxygen atoms in total. The van der Waals surface area contributed by atoms with Gasteiger partial charge < -0.3 is 13.8 Å². The van der Waals surface area contributed by atoms with Crippen molar-refractivity contribution in [3.05, 3.63) is 48.7 Å². The lowest BCUT2D eigenvalue weighted by atomic mass is 10.1. The molecule has 4 aromatic heterocycles. The van der Waals surface area contributed by atoms with Crippen molar-refractivity contribution in [2.24, 2.45) is 0 Å². The third kappa shape index (κ3) is 3.46. The van der Waals surface area contributed by atoms with Gasteiger partial charge in [0.1, 0.15) is 0 Å². The zero-order valence-electron chi connectivity index (χ0n) is 14.6. The van der Waals surface area contributed by atoms with Crippen LogP contribution < -0.4 is 0 Å². The summed E-state index contributed by atoms with van der Waals surface area (Å²) in [6.45, 7) is 1.29. The highest BCUT2D eigenvalue weighted by molar-refractivity contribution is 5.83. The molecule has 0 aliphatic rings. The highest BCUT2D eigenvalue weighted by Gasteiger charge is 2.38. The van der Waals surface area contributed by atoms with Crippen LogP contribution in [0.15, 0.2) is 47.4 Å². The van der Waals surface area contributed by atoms with Crippen molar-refractivity contribution < 1.29 is 22.4 Å². The van der Waals surface area contributed by atoms with Gasteiger partial charge in [0.15, 0.2) is 0 Å². The van der Waals surface area contributed by atoms with Gasteiger partial charge in [-0.2, -0.15) is 18.2 Å². The first kappa shape index (κ1) is 18.1. The summed E-state index contributed by atoms with van der Waals surface area (Å²) in [6, 6.07) is 6.90. The Morgan fingerprint density at radius 2 is 1.96 bits per heavy atom. The first-order chi connectivity index (χ1) is 13.5. The van der Waals surface area contributed by atoms with Crippen LogP contribution >= 0.6 is 0 Å². The van der Waals surface area contributed by atoms with E-state index in [1.54, 1.807) is 19.4 Å². The van der Waals surface area contributed by atoms with E-state index in [-0.39, 0.29) is 5.82 Å². The van der Waals surface area contributed by atoms with Crippen molar-refractivity contribution in [3.63, 3.8) is 0 Å². The van der Waals surface area contributed by atoms with Crippen LogP contribution in [0.25, 0.3) is 33.7 Å². The molecule has 10 heteroatoms. The van der Waals surface area contributed by atoms with Crippen molar-refractivity contribution >= 4 is 10.9 Å². The molecule has 0 radical (unpaired) electrons. The Balaban J connectivity index is 1.66. The lowest BCUT2D eigenvalue weighted by Gasteiger charge is -2.05. The van der Waals surface area contributed by atoms with Gasteiger partial charge in [0.05, 0.1) is 29.7 Å². The maximum absolute atomic E-state index is 12.7. The van der Waals surface area contributed by atoms with Crippen molar-refractivity contribution in [2.75, 3.05) is 13.7 Å². The fourth-order valence-electron chi connectivity index (χ4n) is 2.78. The topological polar surface area (TPSA) is 78.9 Å². The van der Waals surface area contributed by atoms with Crippen LogP contribution in [0.3, 0.4) is 0 Å². The molecule has 28 heavy (non-hydrogen) atoms. The number of nitrogens with zero attached hydrogens (tertiary/aromatic N) is 5. The predicted molar refractivity (Wildman–Crippen MR) is 93.1 cm³/mol. The second-order valence-corrected chi connectivity index (χ2v) is 5.98. The van der Waals surface area contributed by atoms with E-state index < -0.39 is 12.1 Å². The Hall–Kier alpha value is -3.27. The summed E-state index contributed by atoms with van der Waals surface area (Å²) in [5, 5.41) is 4.37. The molecule has 0 bridgehead atoms. The number of hydrogen-bond acceptors (Lipinski definition) is 6. The Bertz CT molecular complexity index is 1120. The van der Waals surface area contributed by atoms with Crippen LogP contribution in [0.1, 0.15) is 5.89 Å². The fraction of sp³-hybridized carbons (Fsp3) is 0.222. The minimum absolute atomic E-state index is 0.164. The van der Waals surface area contributed by atoms with E-state index in [0.717, 1.165) is 10.9 Å². The molecule has 0 spiro atoms. The van der Waals surface area contributed by atoms with Crippen molar-refractivity contribution in [1.82, 2.24) is 24.7 Å². The molecule has 0 saturated carbocycles. The summed E-state index contributed by atoms with van der Waals surface area (Å²) < 4.78 is 49.4. The summed E-state index contributed by atoms with van der Waals surface area (Å²) in [4.78, 5) is 12.1. The molecule has 4 heterocycles. The normalized spacial score (nSPS) is 12.0. The minimum Gasteiger partial charge on any atom is -0.383 e. The van der Waals surface area contributed by atoms with Crippen LogP contribution in [0.5, 0.6) is 0 Å². The number of hydrogen-bond donors (Lipinski definition) is 0. The molecule has 0 aromatic carbocycles. The summed E-state index contributed by atoms with van der Waals surface area (Å²) in [5.74, 6) is -1.56. The van der Waals surface area contributed by atoms with Crippen molar-refractivity contribution in [3.8, 4) is 22.8 Å². The van der Waals surface area contributed by atoms with Crippen molar-refractivity contribution in [1.29, 1.82) is 0 Å². The lowest BCUT2D eigenvalue weighted by Crippen LogP contribution is -2.04. The Morgan fingerprint density at radius 3 is 2.71 bits per heavy atom. The van der Waals surface area contributed by atoms with Gasteiger partial charge in [-0.1, -0.05) is 5.16 Å². The first-order valence-electron chi connectivity index (χ1n) is 8.27. The fourth-order valence-corrected chi connectivity index (χ4v) is 2.78. The van der Waals surface area contributed by atoms with Gasteiger partial charge in [-0.3, -0.25) is 9.97 Å². The van der Waals surface area contributed by atoms with Crippen LogP contribution in [-0.2, 0) is 17.5 Å². The molecular weight excluding hydrogens is 375 g/mol. The first-order valence-corrected chi connectivity index (χ1v) is 8.27. The average Bonchev–Trinajstić information content (AvgIpc) is 3.33. The molecule has 144 valence electrons. The van der Waals surface area contributed by atoms with Crippen LogP contribution in [0.4, 0.5) is 13.2 Å². The third-order valence-corrected chi connectivity index (χ3v) is 4.14. The number of fused-ring (bicyclic) bond motifs is 1. The summed E-state index contributed by atoms with van der Waals surface area (Å²) in [5.41, 5.74) is 2.37. The van der Waals surface area contributed by atoms with Gasteiger partial charge >= 0.3 is 12.1 Å². The lowest BCUT2D eigenvalue weighted by molar-refractivity contribution is -0.159. The third-order valence-electron chi connectivity index (χ3n) is 4.14. The SMILES string of the molecule is COCCn1ccc2cc(-c3cc(-c4noc(C(F)(F)F)n4)ccn3)ncc21. The zero-order valence-corrected chi connectivity index (χ0v) is 14.6. The van der Waals surface area contributed by atoms with E-state index >= 15 is 0 Å². The van der Waals surface area contributed by atoms with Crippen LogP contribution in [0, 0.1) is 0 Å². The molecule has 0 fully saturated rings. The molecule has 0 unspecified atom stereocenters. The summed E-state index contributed by atoms with van der Waals surface area (Å²) in [7, 11) is 1.64. The van der Waals surface area contributed by atoms with Crippen LogP contribution in [0.2, 0.25) is 0 Å². The van der Waals surface area contributed by atoms with Gasteiger partial charge in [-0.05, 0) is 24.3 Å². The quantitative estimate of drug-likeness (QED) is 0.516. The molecular formula is C18H14F3N5O2. The van der Waals surface area contributed by atoms with Crippen molar-refractivity contribution in [2.45, 2.75) is 12.7 Å². The monoisotopic (exact) mass is 389 g/mol. The average molecular weight is 389 g/mol. The maximum Gasteiger partial charge on any atom is 0.471 e. The Morgan fingerprint density at radius 1 is 1.14 bits per heavy atom. The molecule has 0 saturated heterocycles. The standard InChI is InChI=1S/C18H14F3N5O2/c1-27-7-6-26-5-3-11-8-14(23-10-15(11)26)13-9-12(2-4-22-13)16-24-17(28-25-16)18(19,20)21/h2-5,8-10H,6-7H2,1H3. The van der Waals surface area contributed by atoms with E-state index in [0.29, 0.717) is 30.1 Å². The number of rotatable bonds is 5. The van der Waals surface area contributed by atoms with E-state index in [9.17, 15) is 13.2 Å². The van der Waals surface area contributed by atoms with E-state index in [1.165, 1.54) is 12.3 Å². The molecule has 4 rings (SSSR count). The molecule has 0 N–H and O–H groups in total. The number of pyridine rings is 2. The number of aromatic nitrogens is 5. The van der Waals surface area contributed by atoms with E-state index in [2.05, 4.69) is 24.6 Å². The van der Waals surface area contributed by atoms with Gasteiger partial charge in [0.25, 0.3) is 0 Å². The molecule has 0 amide bonds. The highest BCUT2D eigenvalue weighted by atomic mass is 19.4. The zero-order chi connectivity index (χ0) is 19.7. The summed E-state index contributed by atoms with van der Waals surface area (Å²) >= 11 is 0. The minimum atomic E-state index is -4.69. The molecule has 0 aliphatic carbocycles. The Labute approximate surface area is 156 Å². The van der Waals surface area contributed by atoms with Gasteiger partial charge in [0, 0.05) is 37.0 Å². The van der Waals surface area contributed by atoms with E-state index in [1.807, 2.05) is 22.9 Å². The largest absolute Gasteiger partial charge is 0.471 e. The summed E-state index contributed by atoms with van der Waals surface area (Å²) in [6.07, 6.45) is 0.440. The second kappa shape index (κ2) is 7.04. The number of methoxy groups -OCH3 is 1. The van der Waals surface area contributed by atoms with Gasteiger partial charge in [0.2, 0.25) is 5.82 Å². The predicted octanol–water partition coefficient (Wildman–Crippen LogP) is 3.81. The number of alkyl halides is 3. The van der Waals surface area contributed by atoms with Gasteiger partial charge in [-0.15, -0.1) is 0 Å². The van der Waals surface area contributed by atoms with E-state index in [4.69, 9.17) is 4.74 Å². The second-order valence-electron chi connectivity index (χ2n) is 5.98. The Kier molecular flexibility index (Phi) is 4.55. The smallest absolute Gasteiger partial charge is 0.383 e. The maximum atomic E-state index is 12.7. The number of halogens is 3.